The van der Waals surface area contributed by atoms with Crippen LogP contribution in [0.4, 0.5) is 5.69 Å². The number of nitrogen functional groups attached to an aromatic ring is 1. The molecule has 3 N–H and O–H groups in total. The van der Waals surface area contributed by atoms with Gasteiger partial charge in [0.15, 0.2) is 0 Å². The maximum Gasteiger partial charge on any atom is 0.106 e. The Hall–Kier alpha value is -1.68. The molecule has 0 fully saturated rings. The molecular weight excluding hydrogens is 228 g/mol. The highest BCUT2D eigenvalue weighted by molar-refractivity contribution is 5.38. The predicted octanol–water partition coefficient (Wildman–Crippen LogP) is 2.21. The molecule has 0 radical (unpaired) electrons. The molecule has 0 saturated heterocycles. The first-order valence-corrected chi connectivity index (χ1v) is 5.81. The van der Waals surface area contributed by atoms with Gasteiger partial charge in [0.25, 0.3) is 0 Å². The van der Waals surface area contributed by atoms with Crippen LogP contribution in [0.25, 0.3) is 0 Å². The van der Waals surface area contributed by atoms with E-state index < -0.39 is 0 Å². The van der Waals surface area contributed by atoms with E-state index in [0.29, 0.717) is 0 Å². The van der Waals surface area contributed by atoms with E-state index in [4.69, 9.17) is 15.3 Å². The summed E-state index contributed by atoms with van der Waals surface area (Å²) in [6, 6.07) is 7.79. The lowest BCUT2D eigenvalue weighted by Crippen LogP contribution is -2.12. The molecule has 1 aromatic carbocycles. The van der Waals surface area contributed by atoms with Crippen LogP contribution in [-0.2, 0) is 9.59 Å². The normalized spacial score (nSPS) is 7.50. The van der Waals surface area contributed by atoms with Crippen molar-refractivity contribution >= 4 is 19.3 Å². The lowest BCUT2D eigenvalue weighted by molar-refractivity contribution is -0.0987. The van der Waals surface area contributed by atoms with Crippen LogP contribution in [0.2, 0.25) is 0 Å². The SMILES string of the molecule is C=O.C=O.CCCNCC.Cc1ccc(N)cc1. The number of carbonyl (C=O) groups is 2. The van der Waals surface area contributed by atoms with Gasteiger partial charge in [-0.3, -0.25) is 0 Å². The molecular formula is C14H26N2O2. The minimum Gasteiger partial charge on any atom is -0.399 e. The van der Waals surface area contributed by atoms with Gasteiger partial charge in [-0.2, -0.15) is 0 Å². The maximum absolute atomic E-state index is 8.00. The van der Waals surface area contributed by atoms with Crippen LogP contribution in [0, 0.1) is 6.92 Å². The summed E-state index contributed by atoms with van der Waals surface area (Å²) >= 11 is 0. The highest BCUT2D eigenvalue weighted by atomic mass is 16.1. The molecule has 1 aromatic rings. The van der Waals surface area contributed by atoms with Crippen LogP contribution >= 0.6 is 0 Å². The fourth-order valence-electron chi connectivity index (χ4n) is 0.920. The first-order chi connectivity index (χ1) is 8.70. The van der Waals surface area contributed by atoms with E-state index in [1.807, 2.05) is 44.8 Å². The van der Waals surface area contributed by atoms with Crippen LogP contribution in [0.1, 0.15) is 25.8 Å². The molecule has 0 aliphatic carbocycles. The lowest BCUT2D eigenvalue weighted by atomic mass is 10.2. The van der Waals surface area contributed by atoms with E-state index in [-0.39, 0.29) is 0 Å². The molecule has 0 aliphatic heterocycles. The Kier molecular flexibility index (Phi) is 24.8. The molecule has 4 nitrogen and oxygen atoms in total. The van der Waals surface area contributed by atoms with E-state index >= 15 is 0 Å². The summed E-state index contributed by atoms with van der Waals surface area (Å²) in [5.41, 5.74) is 7.51. The fraction of sp³-hybridized carbons (Fsp3) is 0.429. The van der Waals surface area contributed by atoms with Crippen molar-refractivity contribution in [3.05, 3.63) is 29.8 Å². The van der Waals surface area contributed by atoms with Crippen molar-refractivity contribution in [1.29, 1.82) is 0 Å². The second kappa shape index (κ2) is 20.7. The summed E-state index contributed by atoms with van der Waals surface area (Å²) in [6.07, 6.45) is 1.24. The number of benzene rings is 1. The molecule has 18 heavy (non-hydrogen) atoms. The van der Waals surface area contributed by atoms with E-state index in [9.17, 15) is 0 Å². The van der Waals surface area contributed by atoms with Gasteiger partial charge in [-0.05, 0) is 38.6 Å². The van der Waals surface area contributed by atoms with Gasteiger partial charge < -0.3 is 20.6 Å². The molecule has 0 heterocycles. The van der Waals surface area contributed by atoms with Crippen molar-refractivity contribution in [1.82, 2.24) is 5.32 Å². The molecule has 0 amide bonds. The maximum atomic E-state index is 8.00. The van der Waals surface area contributed by atoms with Crippen LogP contribution in [0.15, 0.2) is 24.3 Å². The number of hydrogen-bond donors (Lipinski definition) is 2. The van der Waals surface area contributed by atoms with Crippen LogP contribution in [-0.4, -0.2) is 26.7 Å². The first-order valence-electron chi connectivity index (χ1n) is 5.81. The Morgan fingerprint density at radius 1 is 1.06 bits per heavy atom. The monoisotopic (exact) mass is 254 g/mol. The van der Waals surface area contributed by atoms with Crippen molar-refractivity contribution in [3.8, 4) is 0 Å². The van der Waals surface area contributed by atoms with E-state index in [1.54, 1.807) is 0 Å². The second-order valence-corrected chi connectivity index (χ2v) is 3.26. The van der Waals surface area contributed by atoms with Crippen LogP contribution in [0.3, 0.4) is 0 Å². The zero-order valence-electron chi connectivity index (χ0n) is 11.7. The Morgan fingerprint density at radius 3 is 1.72 bits per heavy atom. The molecule has 4 heteroatoms. The van der Waals surface area contributed by atoms with Gasteiger partial charge in [-0.15, -0.1) is 0 Å². The van der Waals surface area contributed by atoms with Crippen LogP contribution < -0.4 is 11.1 Å². The summed E-state index contributed by atoms with van der Waals surface area (Å²) in [5, 5.41) is 3.20. The number of aryl methyl sites for hydroxylation is 1. The average molecular weight is 254 g/mol. The average Bonchev–Trinajstić information content (AvgIpc) is 2.45. The Balaban J connectivity index is -0.000000201. The number of hydrogen-bond acceptors (Lipinski definition) is 4. The van der Waals surface area contributed by atoms with Crippen LogP contribution in [0.5, 0.6) is 0 Å². The summed E-state index contributed by atoms with van der Waals surface area (Å²) in [5.74, 6) is 0. The standard InChI is InChI=1S/C7H9N.C5H13N.2CH2O/c1-6-2-4-7(8)5-3-6;1-3-5-6-4-2;2*1-2/h2-5H,8H2,1H3;6H,3-5H2,1-2H3;2*1H2. The third-order valence-corrected chi connectivity index (χ3v) is 1.75. The highest BCUT2D eigenvalue weighted by Crippen LogP contribution is 2.02. The Bertz CT molecular complexity index is 223. The zero-order chi connectivity index (χ0) is 14.8. The molecule has 0 aromatic heterocycles. The fourth-order valence-corrected chi connectivity index (χ4v) is 0.920. The zero-order valence-corrected chi connectivity index (χ0v) is 11.7. The first kappa shape index (κ1) is 21.6. The molecule has 0 saturated carbocycles. The van der Waals surface area contributed by atoms with Crippen molar-refractivity contribution in [2.45, 2.75) is 27.2 Å². The smallest absolute Gasteiger partial charge is 0.106 e. The van der Waals surface area contributed by atoms with Crippen molar-refractivity contribution in [2.75, 3.05) is 18.8 Å². The van der Waals surface area contributed by atoms with Gasteiger partial charge in [-0.1, -0.05) is 31.5 Å². The third-order valence-electron chi connectivity index (χ3n) is 1.75. The molecule has 0 unspecified atom stereocenters. The van der Waals surface area contributed by atoms with E-state index in [2.05, 4.69) is 19.2 Å². The van der Waals surface area contributed by atoms with E-state index in [1.165, 1.54) is 12.0 Å². The minimum atomic E-state index is 0.829. The molecule has 0 atom stereocenters. The number of anilines is 1. The lowest BCUT2D eigenvalue weighted by Gasteiger charge is -1.91. The molecule has 1 rings (SSSR count). The largest absolute Gasteiger partial charge is 0.399 e. The number of rotatable bonds is 3. The predicted molar refractivity (Wildman–Crippen MR) is 78.7 cm³/mol. The van der Waals surface area contributed by atoms with Crippen molar-refractivity contribution < 1.29 is 9.59 Å². The van der Waals surface area contributed by atoms with Gasteiger partial charge in [0, 0.05) is 5.69 Å². The third kappa shape index (κ3) is 19.8. The summed E-state index contributed by atoms with van der Waals surface area (Å²) < 4.78 is 0. The summed E-state index contributed by atoms with van der Waals surface area (Å²) in [6.45, 7) is 12.6. The molecule has 0 bridgehead atoms. The van der Waals surface area contributed by atoms with Crippen molar-refractivity contribution in [2.24, 2.45) is 0 Å². The van der Waals surface area contributed by atoms with Gasteiger partial charge in [-0.25, -0.2) is 0 Å². The van der Waals surface area contributed by atoms with Gasteiger partial charge in [0.05, 0.1) is 0 Å². The topological polar surface area (TPSA) is 72.2 Å². The summed E-state index contributed by atoms with van der Waals surface area (Å²) in [4.78, 5) is 16.0. The minimum absolute atomic E-state index is 0.829. The van der Waals surface area contributed by atoms with Gasteiger partial charge in [0.1, 0.15) is 13.6 Å². The Labute approximate surface area is 111 Å². The molecule has 0 aliphatic rings. The number of nitrogens with one attached hydrogen (secondary N) is 1. The van der Waals surface area contributed by atoms with E-state index in [0.717, 1.165) is 18.8 Å². The number of carbonyl (C=O) groups excluding carboxylic acids is 2. The van der Waals surface area contributed by atoms with Gasteiger partial charge >= 0.3 is 0 Å². The molecule has 0 spiro atoms. The van der Waals surface area contributed by atoms with Gasteiger partial charge in [0.2, 0.25) is 0 Å². The quantitative estimate of drug-likeness (QED) is 0.641. The Morgan fingerprint density at radius 2 is 1.50 bits per heavy atom. The molecule has 104 valence electrons. The number of nitrogens with two attached hydrogens (primary N) is 1. The summed E-state index contributed by atoms with van der Waals surface area (Å²) in [7, 11) is 0. The highest BCUT2D eigenvalue weighted by Gasteiger charge is 1.80. The van der Waals surface area contributed by atoms with Crippen molar-refractivity contribution in [3.63, 3.8) is 0 Å². The second-order valence-electron chi connectivity index (χ2n) is 3.26.